The summed E-state index contributed by atoms with van der Waals surface area (Å²) in [5.74, 6) is 4.06. The summed E-state index contributed by atoms with van der Waals surface area (Å²) in [7, 11) is 3.38. The van der Waals surface area contributed by atoms with Crippen LogP contribution in [0.1, 0.15) is 37.6 Å². The number of nitrogens with zero attached hydrogens (tertiary/aromatic N) is 5. The maximum absolute atomic E-state index is 5.43. The van der Waals surface area contributed by atoms with E-state index in [2.05, 4.69) is 51.0 Å². The Balaban J connectivity index is 0.00000320. The zero-order chi connectivity index (χ0) is 20.6. The van der Waals surface area contributed by atoms with Gasteiger partial charge in [0, 0.05) is 44.6 Å². The molecule has 1 unspecified atom stereocenters. The Morgan fingerprint density at radius 3 is 2.57 bits per heavy atom. The van der Waals surface area contributed by atoms with E-state index in [-0.39, 0.29) is 24.0 Å². The largest absolute Gasteiger partial charge is 0.497 e. The van der Waals surface area contributed by atoms with E-state index in [0.717, 1.165) is 62.3 Å². The predicted octanol–water partition coefficient (Wildman–Crippen LogP) is 2.93. The van der Waals surface area contributed by atoms with E-state index >= 15 is 0 Å². The molecule has 0 saturated carbocycles. The van der Waals surface area contributed by atoms with Crippen LogP contribution in [-0.2, 0) is 13.0 Å². The van der Waals surface area contributed by atoms with Gasteiger partial charge < -0.3 is 24.3 Å². The second-order valence-electron chi connectivity index (χ2n) is 7.11. The molecular weight excluding hydrogens is 495 g/mol. The van der Waals surface area contributed by atoms with Crippen LogP contribution >= 0.6 is 24.0 Å². The summed E-state index contributed by atoms with van der Waals surface area (Å²) in [5.41, 5.74) is 1.25. The van der Waals surface area contributed by atoms with Crippen LogP contribution in [0.4, 0.5) is 0 Å². The van der Waals surface area contributed by atoms with Gasteiger partial charge in [0.15, 0.2) is 5.96 Å². The van der Waals surface area contributed by atoms with Gasteiger partial charge in [-0.3, -0.25) is 4.99 Å². The molecule has 0 bridgehead atoms. The minimum Gasteiger partial charge on any atom is -0.497 e. The molecule has 8 nitrogen and oxygen atoms in total. The van der Waals surface area contributed by atoms with Crippen molar-refractivity contribution in [1.29, 1.82) is 0 Å². The van der Waals surface area contributed by atoms with Gasteiger partial charge in [0.25, 0.3) is 0 Å². The highest BCUT2D eigenvalue weighted by Gasteiger charge is 2.27. The van der Waals surface area contributed by atoms with Gasteiger partial charge in [-0.05, 0) is 31.0 Å². The number of guanidine groups is 1. The number of aromatic nitrogens is 3. The first-order valence-electron chi connectivity index (χ1n) is 10.3. The lowest BCUT2D eigenvalue weighted by Gasteiger charge is -2.22. The number of likely N-dealkylation sites (tertiary alicyclic amines) is 1. The number of aryl methyl sites for hydroxylation is 1. The van der Waals surface area contributed by atoms with Crippen LogP contribution < -0.4 is 14.8 Å². The normalized spacial score (nSPS) is 16.3. The molecule has 1 aromatic heterocycles. The van der Waals surface area contributed by atoms with Crippen LogP contribution in [0.25, 0.3) is 0 Å². The van der Waals surface area contributed by atoms with Gasteiger partial charge in [-0.2, -0.15) is 0 Å². The summed E-state index contributed by atoms with van der Waals surface area (Å²) in [6, 6.07) is 6.13. The van der Waals surface area contributed by atoms with E-state index in [1.165, 1.54) is 5.56 Å². The van der Waals surface area contributed by atoms with Crippen LogP contribution in [-0.4, -0.2) is 66.0 Å². The van der Waals surface area contributed by atoms with Gasteiger partial charge >= 0.3 is 0 Å². The topological polar surface area (TPSA) is 76.8 Å². The number of aliphatic imine (C=N–C) groups is 1. The zero-order valence-corrected chi connectivity index (χ0v) is 20.6. The number of nitrogens with one attached hydrogen (secondary N) is 1. The van der Waals surface area contributed by atoms with E-state index < -0.39 is 0 Å². The fourth-order valence-corrected chi connectivity index (χ4v) is 3.72. The summed E-state index contributed by atoms with van der Waals surface area (Å²) in [6.07, 6.45) is 3.73. The van der Waals surface area contributed by atoms with Gasteiger partial charge in [-0.15, -0.1) is 34.2 Å². The smallest absolute Gasteiger partial charge is 0.193 e. The molecule has 1 N–H and O–H groups in total. The highest BCUT2D eigenvalue weighted by atomic mass is 127. The van der Waals surface area contributed by atoms with Crippen molar-refractivity contribution in [3.63, 3.8) is 0 Å². The van der Waals surface area contributed by atoms with E-state index in [4.69, 9.17) is 14.5 Å². The van der Waals surface area contributed by atoms with Crippen LogP contribution in [0.3, 0.4) is 0 Å². The Labute approximate surface area is 196 Å². The third-order valence-electron chi connectivity index (χ3n) is 5.28. The first-order valence-corrected chi connectivity index (χ1v) is 10.3. The van der Waals surface area contributed by atoms with Gasteiger partial charge in [0.1, 0.15) is 23.7 Å². The number of methoxy groups -OCH3 is 2. The second-order valence-corrected chi connectivity index (χ2v) is 7.11. The van der Waals surface area contributed by atoms with Crippen LogP contribution in [0.5, 0.6) is 11.5 Å². The molecule has 2 aromatic rings. The third kappa shape index (κ3) is 5.99. The molecule has 1 aromatic carbocycles. The van der Waals surface area contributed by atoms with Crippen molar-refractivity contribution in [2.75, 3.05) is 40.4 Å². The Morgan fingerprint density at radius 1 is 1.20 bits per heavy atom. The van der Waals surface area contributed by atoms with Crippen molar-refractivity contribution in [2.24, 2.45) is 4.99 Å². The van der Waals surface area contributed by atoms with E-state index in [9.17, 15) is 0 Å². The van der Waals surface area contributed by atoms with E-state index in [0.29, 0.717) is 12.5 Å². The molecule has 3 rings (SSSR count). The minimum absolute atomic E-state index is 0. The van der Waals surface area contributed by atoms with E-state index in [1.54, 1.807) is 20.5 Å². The van der Waals surface area contributed by atoms with Crippen molar-refractivity contribution in [1.82, 2.24) is 25.0 Å². The third-order valence-corrected chi connectivity index (χ3v) is 5.28. The molecule has 1 atom stereocenters. The number of halogens is 1. The van der Waals surface area contributed by atoms with Gasteiger partial charge in [0.05, 0.1) is 20.8 Å². The standard InChI is InChI=1S/C21H32N6O2.HI/c1-5-20-25-24-15-27(20)10-8-23-21(22-6-2)26-9-7-16(14-26)17-11-18(28-3)13-19(12-17)29-4;/h11-13,15-16H,5-10,14H2,1-4H3,(H,22,23);1H. The fraction of sp³-hybridized carbons (Fsp3) is 0.571. The Bertz CT molecular complexity index is 803. The van der Waals surface area contributed by atoms with Gasteiger partial charge in [0.2, 0.25) is 0 Å². The fourth-order valence-electron chi connectivity index (χ4n) is 3.72. The molecule has 1 aliphatic heterocycles. The van der Waals surface area contributed by atoms with Crippen LogP contribution in [0.2, 0.25) is 0 Å². The molecule has 0 radical (unpaired) electrons. The number of hydrogen-bond acceptors (Lipinski definition) is 5. The monoisotopic (exact) mass is 528 g/mol. The molecule has 166 valence electrons. The second kappa shape index (κ2) is 12.0. The van der Waals surface area contributed by atoms with E-state index in [1.807, 2.05) is 6.07 Å². The molecular formula is C21H33IN6O2. The first kappa shape index (κ1) is 24.2. The summed E-state index contributed by atoms with van der Waals surface area (Å²) in [4.78, 5) is 7.19. The van der Waals surface area contributed by atoms with Crippen LogP contribution in [0, 0.1) is 0 Å². The van der Waals surface area contributed by atoms with Crippen molar-refractivity contribution >= 4 is 29.9 Å². The molecule has 30 heavy (non-hydrogen) atoms. The van der Waals surface area contributed by atoms with Gasteiger partial charge in [-0.1, -0.05) is 6.92 Å². The Kier molecular flexibility index (Phi) is 9.67. The lowest BCUT2D eigenvalue weighted by molar-refractivity contribution is 0.392. The zero-order valence-electron chi connectivity index (χ0n) is 18.3. The number of hydrogen-bond donors (Lipinski definition) is 1. The number of benzene rings is 1. The highest BCUT2D eigenvalue weighted by Crippen LogP contribution is 2.32. The molecule has 2 heterocycles. The lowest BCUT2D eigenvalue weighted by atomic mass is 9.98. The first-order chi connectivity index (χ1) is 14.2. The average molecular weight is 528 g/mol. The number of rotatable bonds is 8. The molecule has 0 spiro atoms. The molecule has 9 heteroatoms. The van der Waals surface area contributed by atoms with Crippen molar-refractivity contribution < 1.29 is 9.47 Å². The van der Waals surface area contributed by atoms with Crippen molar-refractivity contribution in [2.45, 2.75) is 39.2 Å². The average Bonchev–Trinajstić information content (AvgIpc) is 3.42. The predicted molar refractivity (Wildman–Crippen MR) is 129 cm³/mol. The van der Waals surface area contributed by atoms with Gasteiger partial charge in [-0.25, -0.2) is 0 Å². The minimum atomic E-state index is 0. The highest BCUT2D eigenvalue weighted by molar-refractivity contribution is 14.0. The Hall–Kier alpha value is -2.04. The summed E-state index contributed by atoms with van der Waals surface area (Å²) in [6.45, 7) is 8.42. The molecule has 0 amide bonds. The van der Waals surface area contributed by atoms with Crippen LogP contribution in [0.15, 0.2) is 29.5 Å². The quantitative estimate of drug-likeness (QED) is 0.323. The van der Waals surface area contributed by atoms with Crippen molar-refractivity contribution in [3.8, 4) is 11.5 Å². The van der Waals surface area contributed by atoms with Crippen molar-refractivity contribution in [3.05, 3.63) is 35.9 Å². The summed E-state index contributed by atoms with van der Waals surface area (Å²) >= 11 is 0. The lowest BCUT2D eigenvalue weighted by Crippen LogP contribution is -2.40. The SMILES string of the molecule is CCNC(=NCCn1cnnc1CC)N1CCC(c2cc(OC)cc(OC)c2)C1.I. The maximum Gasteiger partial charge on any atom is 0.193 e. The molecule has 0 aliphatic carbocycles. The molecule has 1 saturated heterocycles. The maximum atomic E-state index is 5.43. The summed E-state index contributed by atoms with van der Waals surface area (Å²) in [5, 5.41) is 11.6. The Morgan fingerprint density at radius 2 is 1.93 bits per heavy atom. The summed E-state index contributed by atoms with van der Waals surface area (Å²) < 4.78 is 12.9. The molecule has 1 fully saturated rings. The number of ether oxygens (including phenoxy) is 2. The molecule has 1 aliphatic rings.